The van der Waals surface area contributed by atoms with Crippen molar-refractivity contribution < 1.29 is 0 Å². The van der Waals surface area contributed by atoms with E-state index in [1.165, 1.54) is 46.6 Å². The van der Waals surface area contributed by atoms with Crippen molar-refractivity contribution in [1.82, 2.24) is 4.98 Å². The zero-order valence-electron chi connectivity index (χ0n) is 20.0. The molecule has 0 saturated carbocycles. The van der Waals surface area contributed by atoms with Crippen LogP contribution in [-0.4, -0.2) is 11.1 Å². The second kappa shape index (κ2) is 8.32. The number of hydrogen-bond donors (Lipinski definition) is 0. The van der Waals surface area contributed by atoms with Gasteiger partial charge in [0.1, 0.15) is 6.17 Å². The summed E-state index contributed by atoms with van der Waals surface area (Å²) in [6.45, 7) is 4.69. The van der Waals surface area contributed by atoms with E-state index in [0.717, 1.165) is 18.7 Å². The number of para-hydroxylation sites is 2. The number of pyridine rings is 1. The second-order valence-electron chi connectivity index (χ2n) is 9.56. The van der Waals surface area contributed by atoms with Gasteiger partial charge in [0.2, 0.25) is 0 Å². The average Bonchev–Trinajstić information content (AvgIpc) is 3.23. The van der Waals surface area contributed by atoms with Crippen LogP contribution in [0.1, 0.15) is 45.1 Å². The summed E-state index contributed by atoms with van der Waals surface area (Å²) in [5.74, 6) is 1.06. The number of benzene rings is 3. The zero-order chi connectivity index (χ0) is 23.1. The molecule has 0 aliphatic carbocycles. The number of hydrogen-bond acceptors (Lipinski definition) is 3. The maximum absolute atomic E-state index is 4.92. The van der Waals surface area contributed by atoms with E-state index < -0.39 is 0 Å². The minimum atomic E-state index is 0.161. The van der Waals surface area contributed by atoms with Gasteiger partial charge in [-0.15, -0.1) is 0 Å². The molecule has 0 radical (unpaired) electrons. The predicted molar refractivity (Wildman–Crippen MR) is 142 cm³/mol. The van der Waals surface area contributed by atoms with Crippen molar-refractivity contribution in [3.05, 3.63) is 103 Å². The Morgan fingerprint density at radius 1 is 0.765 bits per heavy atom. The zero-order valence-corrected chi connectivity index (χ0v) is 20.0. The highest BCUT2D eigenvalue weighted by Crippen LogP contribution is 2.57. The summed E-state index contributed by atoms with van der Waals surface area (Å²) < 4.78 is 0. The molecule has 0 N–H and O–H groups in total. The van der Waals surface area contributed by atoms with Gasteiger partial charge in [0.15, 0.2) is 5.82 Å². The number of fused-ring (bicyclic) bond motifs is 5. The molecule has 6 rings (SSSR count). The molecule has 3 heteroatoms. The Hall–Kier alpha value is -3.59. The fourth-order valence-corrected chi connectivity index (χ4v) is 6.29. The fourth-order valence-electron chi connectivity index (χ4n) is 6.29. The van der Waals surface area contributed by atoms with Crippen molar-refractivity contribution in [1.29, 1.82) is 0 Å². The van der Waals surface area contributed by atoms with Crippen molar-refractivity contribution >= 4 is 22.9 Å². The third kappa shape index (κ3) is 3.07. The van der Waals surface area contributed by atoms with Gasteiger partial charge < -0.3 is 9.80 Å². The van der Waals surface area contributed by atoms with Gasteiger partial charge in [-0.2, -0.15) is 0 Å². The van der Waals surface area contributed by atoms with E-state index in [0.29, 0.717) is 0 Å². The quantitative estimate of drug-likeness (QED) is 0.308. The molecule has 3 nitrogen and oxygen atoms in total. The number of nitrogens with zero attached hydrogens (tertiary/aromatic N) is 3. The minimum absolute atomic E-state index is 0.161. The molecule has 0 bridgehead atoms. The highest BCUT2D eigenvalue weighted by molar-refractivity contribution is 5.92. The van der Waals surface area contributed by atoms with Gasteiger partial charge in [0, 0.05) is 22.9 Å². The van der Waals surface area contributed by atoms with Crippen molar-refractivity contribution in [2.45, 2.75) is 51.1 Å². The number of rotatable bonds is 5. The van der Waals surface area contributed by atoms with E-state index in [4.69, 9.17) is 4.98 Å². The first kappa shape index (κ1) is 21.0. The number of aromatic nitrogens is 1. The number of anilines is 4. The van der Waals surface area contributed by atoms with Crippen molar-refractivity contribution in [2.24, 2.45) is 0 Å². The Bertz CT molecular complexity index is 1320. The maximum atomic E-state index is 4.92. The van der Waals surface area contributed by atoms with Crippen molar-refractivity contribution in [3.8, 4) is 11.1 Å². The second-order valence-corrected chi connectivity index (χ2v) is 9.56. The lowest BCUT2D eigenvalue weighted by Crippen LogP contribution is -2.49. The van der Waals surface area contributed by atoms with Crippen LogP contribution in [0.25, 0.3) is 11.1 Å². The Kier molecular flexibility index (Phi) is 5.13. The largest absolute Gasteiger partial charge is 0.316 e. The van der Waals surface area contributed by atoms with E-state index in [1.807, 2.05) is 6.20 Å². The molecule has 2 atom stereocenters. The summed E-state index contributed by atoms with van der Waals surface area (Å²) in [5, 5.41) is 0. The van der Waals surface area contributed by atoms with Crippen LogP contribution in [0.3, 0.4) is 0 Å². The van der Waals surface area contributed by atoms with Gasteiger partial charge in [0.25, 0.3) is 0 Å². The summed E-state index contributed by atoms with van der Waals surface area (Å²) in [4.78, 5) is 9.98. The molecule has 0 fully saturated rings. The van der Waals surface area contributed by atoms with Crippen LogP contribution in [0.2, 0.25) is 0 Å². The van der Waals surface area contributed by atoms with E-state index in [2.05, 4.69) is 115 Å². The molecule has 4 aromatic rings. The summed E-state index contributed by atoms with van der Waals surface area (Å²) in [7, 11) is 0. The standard InChI is InChI=1S/C31H31N3/c1-3-20-31(4-2)22-29-33(26-17-10-8-15-24(26)23-13-6-5-7-14-23)28-19-12-21-32-30(28)34(29)27-18-11-9-16-25(27)31/h5-19,21,29H,3-4,20,22H2,1-2H3. The SMILES string of the molecule is CCCC1(CC)CC2N(c3ccccc3-c3ccccc3)c3cccnc3N2c2ccccc21. The van der Waals surface area contributed by atoms with Gasteiger partial charge in [-0.1, -0.05) is 87.0 Å². The van der Waals surface area contributed by atoms with Gasteiger partial charge in [0.05, 0.1) is 11.4 Å². The first-order chi connectivity index (χ1) is 16.8. The Morgan fingerprint density at radius 2 is 1.47 bits per heavy atom. The first-order valence-electron chi connectivity index (χ1n) is 12.5. The van der Waals surface area contributed by atoms with E-state index in [1.54, 1.807) is 0 Å². The lowest BCUT2D eigenvalue weighted by Gasteiger charge is -2.48. The lowest BCUT2D eigenvalue weighted by molar-refractivity contribution is 0.308. The first-order valence-corrected chi connectivity index (χ1v) is 12.5. The predicted octanol–water partition coefficient (Wildman–Crippen LogP) is 8.22. The Labute approximate surface area is 202 Å². The molecule has 3 heterocycles. The van der Waals surface area contributed by atoms with Crippen molar-refractivity contribution in [3.63, 3.8) is 0 Å². The lowest BCUT2D eigenvalue weighted by atomic mass is 9.68. The monoisotopic (exact) mass is 445 g/mol. The van der Waals surface area contributed by atoms with Crippen LogP contribution in [-0.2, 0) is 5.41 Å². The van der Waals surface area contributed by atoms with Crippen LogP contribution in [0, 0.1) is 0 Å². The normalized spacial score (nSPS) is 20.6. The maximum Gasteiger partial charge on any atom is 0.158 e. The Morgan fingerprint density at radius 3 is 2.26 bits per heavy atom. The third-order valence-corrected chi connectivity index (χ3v) is 7.81. The van der Waals surface area contributed by atoms with Crippen LogP contribution >= 0.6 is 0 Å². The van der Waals surface area contributed by atoms with Crippen LogP contribution in [0.5, 0.6) is 0 Å². The summed E-state index contributed by atoms with van der Waals surface area (Å²) in [5.41, 5.74) is 7.89. The molecule has 2 unspecified atom stereocenters. The summed E-state index contributed by atoms with van der Waals surface area (Å²) >= 11 is 0. The molecule has 3 aromatic carbocycles. The summed E-state index contributed by atoms with van der Waals surface area (Å²) in [6, 6.07) is 32.9. The smallest absolute Gasteiger partial charge is 0.158 e. The van der Waals surface area contributed by atoms with Crippen molar-refractivity contribution in [2.75, 3.05) is 9.80 Å². The molecule has 0 saturated heterocycles. The molecule has 1 aromatic heterocycles. The molecule has 2 aliphatic heterocycles. The molecule has 2 aliphatic rings. The van der Waals surface area contributed by atoms with E-state index in [-0.39, 0.29) is 11.6 Å². The molecule has 0 spiro atoms. The average molecular weight is 446 g/mol. The van der Waals surface area contributed by atoms with Crippen LogP contribution in [0.15, 0.2) is 97.2 Å². The fraction of sp³-hybridized carbons (Fsp3) is 0.258. The van der Waals surface area contributed by atoms with E-state index in [9.17, 15) is 0 Å². The molecule has 170 valence electrons. The van der Waals surface area contributed by atoms with E-state index >= 15 is 0 Å². The van der Waals surface area contributed by atoms with Gasteiger partial charge in [-0.3, -0.25) is 0 Å². The van der Waals surface area contributed by atoms with Gasteiger partial charge in [-0.05, 0) is 54.7 Å². The summed E-state index contributed by atoms with van der Waals surface area (Å²) in [6.07, 6.45) is 6.71. The topological polar surface area (TPSA) is 19.4 Å². The van der Waals surface area contributed by atoms with Crippen LogP contribution in [0.4, 0.5) is 22.9 Å². The van der Waals surface area contributed by atoms with Gasteiger partial charge in [-0.25, -0.2) is 4.98 Å². The molecular formula is C31H31N3. The minimum Gasteiger partial charge on any atom is -0.316 e. The third-order valence-electron chi connectivity index (χ3n) is 7.81. The molecule has 34 heavy (non-hydrogen) atoms. The Balaban J connectivity index is 1.59. The highest BCUT2D eigenvalue weighted by Gasteiger charge is 2.49. The van der Waals surface area contributed by atoms with Gasteiger partial charge >= 0.3 is 0 Å². The molecule has 0 amide bonds. The highest BCUT2D eigenvalue weighted by atomic mass is 15.5. The molecular weight excluding hydrogens is 414 g/mol. The van der Waals surface area contributed by atoms with Crippen LogP contribution < -0.4 is 9.80 Å².